The summed E-state index contributed by atoms with van der Waals surface area (Å²) in [5.74, 6) is 0.770. The molecule has 152 valence electrons. The summed E-state index contributed by atoms with van der Waals surface area (Å²) >= 11 is 0. The van der Waals surface area contributed by atoms with E-state index in [4.69, 9.17) is 4.74 Å². The van der Waals surface area contributed by atoms with Gasteiger partial charge in [-0.2, -0.15) is 0 Å². The van der Waals surface area contributed by atoms with Gasteiger partial charge in [0.1, 0.15) is 12.4 Å². The van der Waals surface area contributed by atoms with E-state index in [2.05, 4.69) is 31.2 Å². The fraction of sp³-hybridized carbons (Fsp3) is 0.280. The van der Waals surface area contributed by atoms with Crippen LogP contribution in [0.2, 0.25) is 0 Å². The molecule has 0 saturated heterocycles. The van der Waals surface area contributed by atoms with E-state index in [1.165, 1.54) is 0 Å². The van der Waals surface area contributed by atoms with Crippen molar-refractivity contribution in [1.29, 1.82) is 0 Å². The highest BCUT2D eigenvalue weighted by molar-refractivity contribution is 5.69. The molecule has 4 heteroatoms. The van der Waals surface area contributed by atoms with Gasteiger partial charge in [-0.25, -0.2) is 0 Å². The van der Waals surface area contributed by atoms with E-state index in [-0.39, 0.29) is 19.3 Å². The van der Waals surface area contributed by atoms with Crippen LogP contribution in [-0.2, 0) is 26.2 Å². The molecule has 0 heterocycles. The van der Waals surface area contributed by atoms with E-state index in [9.17, 15) is 15.3 Å². The van der Waals surface area contributed by atoms with Crippen molar-refractivity contribution in [3.63, 3.8) is 0 Å². The monoisotopic (exact) mass is 392 g/mol. The Morgan fingerprint density at radius 1 is 0.862 bits per heavy atom. The van der Waals surface area contributed by atoms with Gasteiger partial charge in [0.25, 0.3) is 0 Å². The predicted octanol–water partition coefficient (Wildman–Crippen LogP) is 4.15. The Morgan fingerprint density at radius 3 is 2.31 bits per heavy atom. The highest BCUT2D eigenvalue weighted by atomic mass is 16.5. The molecule has 0 radical (unpaired) electrons. The fourth-order valence-corrected chi connectivity index (χ4v) is 3.51. The first-order valence-electron chi connectivity index (χ1n) is 9.83. The molecule has 4 nitrogen and oxygen atoms in total. The summed E-state index contributed by atoms with van der Waals surface area (Å²) < 4.78 is 5.97. The molecular formula is C25H28O4. The smallest absolute Gasteiger partial charge is 0.120 e. The maximum absolute atomic E-state index is 9.59. The second-order valence-electron chi connectivity index (χ2n) is 7.44. The lowest BCUT2D eigenvalue weighted by atomic mass is 9.96. The number of ether oxygens (including phenoxy) is 1. The Labute approximate surface area is 172 Å². The number of benzene rings is 3. The van der Waals surface area contributed by atoms with E-state index in [0.717, 1.165) is 44.7 Å². The Hall–Kier alpha value is -2.66. The van der Waals surface area contributed by atoms with Crippen molar-refractivity contribution < 1.29 is 20.1 Å². The molecular weight excluding hydrogens is 364 g/mol. The van der Waals surface area contributed by atoms with Gasteiger partial charge in [-0.3, -0.25) is 0 Å². The Morgan fingerprint density at radius 2 is 1.62 bits per heavy atom. The zero-order chi connectivity index (χ0) is 20.8. The third kappa shape index (κ3) is 5.45. The van der Waals surface area contributed by atoms with Gasteiger partial charge in [-0.15, -0.1) is 0 Å². The minimum Gasteiger partial charge on any atom is -0.489 e. The summed E-state index contributed by atoms with van der Waals surface area (Å²) in [6.07, 6.45) is 0.296. The highest BCUT2D eigenvalue weighted by Crippen LogP contribution is 2.28. The number of rotatable bonds is 8. The summed E-state index contributed by atoms with van der Waals surface area (Å²) in [5, 5.41) is 28.4. The molecule has 3 N–H and O–H groups in total. The van der Waals surface area contributed by atoms with Crippen molar-refractivity contribution in [2.24, 2.45) is 0 Å². The second-order valence-corrected chi connectivity index (χ2v) is 7.44. The molecule has 0 aliphatic heterocycles. The molecule has 1 unspecified atom stereocenters. The third-order valence-corrected chi connectivity index (χ3v) is 4.98. The molecule has 1 atom stereocenters. The van der Waals surface area contributed by atoms with Crippen LogP contribution < -0.4 is 4.74 Å². The molecule has 0 bridgehead atoms. The number of aryl methyl sites for hydroxylation is 1. The lowest BCUT2D eigenvalue weighted by Crippen LogP contribution is -2.04. The molecule has 0 saturated carbocycles. The molecule has 29 heavy (non-hydrogen) atoms. The standard InChI is InChI=1S/C25H28O4/c1-17-10-19(11-18(2)28)7-9-25(17)21-4-3-5-24(13-21)29-16-20-6-8-22(14-26)23(12-20)15-27/h3-10,12-13,18,26-28H,11,14-16H2,1-2H3. The largest absolute Gasteiger partial charge is 0.489 e. The highest BCUT2D eigenvalue weighted by Gasteiger charge is 2.07. The molecule has 0 fully saturated rings. The quantitative estimate of drug-likeness (QED) is 0.539. The lowest BCUT2D eigenvalue weighted by Gasteiger charge is -2.13. The van der Waals surface area contributed by atoms with Gasteiger partial charge < -0.3 is 20.1 Å². The molecule has 0 aliphatic carbocycles. The minimum absolute atomic E-state index is 0.0889. The second kappa shape index (κ2) is 9.70. The first-order valence-corrected chi connectivity index (χ1v) is 9.83. The van der Waals surface area contributed by atoms with Gasteiger partial charge >= 0.3 is 0 Å². The first kappa shape index (κ1) is 21.1. The van der Waals surface area contributed by atoms with E-state index < -0.39 is 0 Å². The summed E-state index contributed by atoms with van der Waals surface area (Å²) in [6, 6.07) is 19.8. The van der Waals surface area contributed by atoms with Crippen LogP contribution in [0.4, 0.5) is 0 Å². The Kier molecular flexibility index (Phi) is 7.04. The summed E-state index contributed by atoms with van der Waals surface area (Å²) in [7, 11) is 0. The SMILES string of the molecule is Cc1cc(CC(C)O)ccc1-c1cccc(OCc2ccc(CO)c(CO)c2)c1. The van der Waals surface area contributed by atoms with Crippen molar-refractivity contribution in [2.75, 3.05) is 0 Å². The molecule has 3 aromatic carbocycles. The Bertz CT molecular complexity index is 963. The zero-order valence-corrected chi connectivity index (χ0v) is 16.9. The molecule has 0 amide bonds. The molecule has 0 spiro atoms. The minimum atomic E-state index is -0.352. The first-order chi connectivity index (χ1) is 14.0. The van der Waals surface area contributed by atoms with Gasteiger partial charge in [0.15, 0.2) is 0 Å². The summed E-state index contributed by atoms with van der Waals surface area (Å²) in [4.78, 5) is 0. The normalized spacial score (nSPS) is 12.0. The van der Waals surface area contributed by atoms with Gasteiger partial charge in [0.2, 0.25) is 0 Å². The van der Waals surface area contributed by atoms with E-state index in [1.54, 1.807) is 6.92 Å². The number of hydrogen-bond donors (Lipinski definition) is 3. The van der Waals surface area contributed by atoms with Crippen molar-refractivity contribution in [3.8, 4) is 16.9 Å². The summed E-state index contributed by atoms with van der Waals surface area (Å²) in [6.45, 7) is 4.06. The molecule has 0 aromatic heterocycles. The van der Waals surface area contributed by atoms with Crippen LogP contribution in [-0.4, -0.2) is 21.4 Å². The van der Waals surface area contributed by atoms with Crippen LogP contribution in [0.15, 0.2) is 60.7 Å². The maximum Gasteiger partial charge on any atom is 0.120 e. The number of aliphatic hydroxyl groups is 3. The van der Waals surface area contributed by atoms with Crippen molar-refractivity contribution >= 4 is 0 Å². The Balaban J connectivity index is 1.75. The lowest BCUT2D eigenvalue weighted by molar-refractivity contribution is 0.195. The topological polar surface area (TPSA) is 69.9 Å². The van der Waals surface area contributed by atoms with Gasteiger partial charge in [0, 0.05) is 0 Å². The van der Waals surface area contributed by atoms with E-state index in [0.29, 0.717) is 13.0 Å². The average Bonchev–Trinajstić information content (AvgIpc) is 2.72. The molecule has 3 rings (SSSR count). The summed E-state index contributed by atoms with van der Waals surface area (Å²) in [5.41, 5.74) is 6.89. The van der Waals surface area contributed by atoms with Gasteiger partial charge in [-0.1, -0.05) is 42.5 Å². The van der Waals surface area contributed by atoms with Gasteiger partial charge in [-0.05, 0) is 77.4 Å². The fourth-order valence-electron chi connectivity index (χ4n) is 3.51. The molecule has 0 aliphatic rings. The number of aliphatic hydroxyl groups excluding tert-OH is 3. The molecule has 3 aromatic rings. The van der Waals surface area contributed by atoms with E-state index in [1.807, 2.05) is 36.4 Å². The van der Waals surface area contributed by atoms with Crippen LogP contribution >= 0.6 is 0 Å². The van der Waals surface area contributed by atoms with Crippen LogP contribution in [0.3, 0.4) is 0 Å². The maximum atomic E-state index is 9.59. The van der Waals surface area contributed by atoms with Gasteiger partial charge in [0.05, 0.1) is 19.3 Å². The van der Waals surface area contributed by atoms with Crippen molar-refractivity contribution in [1.82, 2.24) is 0 Å². The third-order valence-electron chi connectivity index (χ3n) is 4.98. The van der Waals surface area contributed by atoms with Crippen LogP contribution in [0.5, 0.6) is 5.75 Å². The van der Waals surface area contributed by atoms with Crippen molar-refractivity contribution in [2.45, 2.75) is 46.2 Å². The predicted molar refractivity (Wildman–Crippen MR) is 115 cm³/mol. The number of hydrogen-bond acceptors (Lipinski definition) is 4. The van der Waals surface area contributed by atoms with Crippen LogP contribution in [0.1, 0.15) is 34.7 Å². The van der Waals surface area contributed by atoms with E-state index >= 15 is 0 Å². The zero-order valence-electron chi connectivity index (χ0n) is 16.9. The van der Waals surface area contributed by atoms with Crippen molar-refractivity contribution in [3.05, 3.63) is 88.5 Å². The van der Waals surface area contributed by atoms with Crippen LogP contribution in [0, 0.1) is 6.92 Å². The van der Waals surface area contributed by atoms with Crippen LogP contribution in [0.25, 0.3) is 11.1 Å². The average molecular weight is 392 g/mol.